The minimum absolute atomic E-state index is 0.0591. The van der Waals surface area contributed by atoms with Crippen molar-refractivity contribution in [3.8, 4) is 0 Å². The van der Waals surface area contributed by atoms with Gasteiger partial charge in [-0.3, -0.25) is 4.79 Å². The number of nitrogens with zero attached hydrogens (tertiary/aromatic N) is 1. The van der Waals surface area contributed by atoms with Gasteiger partial charge >= 0.3 is 6.18 Å². The standard InChI is InChI=1S/C14H13F3N2O2/c1-13(2,14(15,16)17)10-8-11(19-21-10)18-12(20)9-6-4-3-5-7-9/h3-8H,1-2H3,(H,18,19,20). The molecule has 0 bridgehead atoms. The Labute approximate surface area is 118 Å². The minimum Gasteiger partial charge on any atom is -0.358 e. The highest BCUT2D eigenvalue weighted by molar-refractivity contribution is 6.03. The number of rotatable bonds is 3. The number of benzene rings is 1. The quantitative estimate of drug-likeness (QED) is 0.938. The van der Waals surface area contributed by atoms with Crippen molar-refractivity contribution in [1.29, 1.82) is 0 Å². The van der Waals surface area contributed by atoms with E-state index >= 15 is 0 Å². The van der Waals surface area contributed by atoms with Crippen molar-refractivity contribution in [2.75, 3.05) is 5.32 Å². The summed E-state index contributed by atoms with van der Waals surface area (Å²) in [6, 6.07) is 9.34. The Morgan fingerprint density at radius 2 is 1.81 bits per heavy atom. The third-order valence-corrected chi connectivity index (χ3v) is 3.11. The van der Waals surface area contributed by atoms with E-state index in [4.69, 9.17) is 4.52 Å². The summed E-state index contributed by atoms with van der Waals surface area (Å²) in [6.45, 7) is 1.96. The van der Waals surface area contributed by atoms with E-state index in [1.165, 1.54) is 0 Å². The van der Waals surface area contributed by atoms with E-state index in [0.29, 0.717) is 5.56 Å². The van der Waals surface area contributed by atoms with Gasteiger partial charge in [-0.05, 0) is 26.0 Å². The molecule has 0 radical (unpaired) electrons. The molecule has 1 aromatic carbocycles. The molecule has 0 aliphatic heterocycles. The SMILES string of the molecule is CC(C)(c1cc(NC(=O)c2ccccc2)no1)C(F)(F)F. The summed E-state index contributed by atoms with van der Waals surface area (Å²) in [5.74, 6) is -0.894. The van der Waals surface area contributed by atoms with Gasteiger partial charge in [0.05, 0.1) is 0 Å². The summed E-state index contributed by atoms with van der Waals surface area (Å²) in [7, 11) is 0. The molecule has 1 amide bonds. The number of carbonyl (C=O) groups excluding carboxylic acids is 1. The first kappa shape index (κ1) is 15.1. The second kappa shape index (κ2) is 5.23. The van der Waals surface area contributed by atoms with Crippen molar-refractivity contribution >= 4 is 11.7 Å². The van der Waals surface area contributed by atoms with E-state index in [-0.39, 0.29) is 11.6 Å². The predicted molar refractivity (Wildman–Crippen MR) is 70.0 cm³/mol. The summed E-state index contributed by atoms with van der Waals surface area (Å²) < 4.78 is 43.4. The molecule has 0 spiro atoms. The normalized spacial score (nSPS) is 12.2. The van der Waals surface area contributed by atoms with Gasteiger partial charge < -0.3 is 9.84 Å². The zero-order valence-corrected chi connectivity index (χ0v) is 11.4. The minimum atomic E-state index is -4.48. The van der Waals surface area contributed by atoms with Crippen molar-refractivity contribution in [3.63, 3.8) is 0 Å². The largest absolute Gasteiger partial charge is 0.401 e. The van der Waals surface area contributed by atoms with Gasteiger partial charge in [0.1, 0.15) is 5.41 Å². The van der Waals surface area contributed by atoms with Crippen LogP contribution in [0.3, 0.4) is 0 Å². The van der Waals surface area contributed by atoms with Crippen LogP contribution in [-0.2, 0) is 5.41 Å². The Bertz CT molecular complexity index is 633. The number of alkyl halides is 3. The van der Waals surface area contributed by atoms with E-state index in [2.05, 4.69) is 10.5 Å². The lowest BCUT2D eigenvalue weighted by Gasteiger charge is -2.24. The highest BCUT2D eigenvalue weighted by Gasteiger charge is 2.51. The lowest BCUT2D eigenvalue weighted by Crippen LogP contribution is -2.35. The third kappa shape index (κ3) is 3.07. The molecule has 0 saturated heterocycles. The first-order valence-corrected chi connectivity index (χ1v) is 6.12. The molecular formula is C14H13F3N2O2. The molecule has 4 nitrogen and oxygen atoms in total. The maximum absolute atomic E-state index is 12.9. The van der Waals surface area contributed by atoms with Gasteiger partial charge in [0.2, 0.25) is 0 Å². The van der Waals surface area contributed by atoms with Crippen LogP contribution in [0.2, 0.25) is 0 Å². The second-order valence-electron chi connectivity index (χ2n) is 5.02. The van der Waals surface area contributed by atoms with E-state index in [1.54, 1.807) is 30.3 Å². The molecule has 0 fully saturated rings. The van der Waals surface area contributed by atoms with Gasteiger partial charge in [-0.15, -0.1) is 0 Å². The monoisotopic (exact) mass is 298 g/mol. The molecule has 21 heavy (non-hydrogen) atoms. The number of nitrogens with one attached hydrogen (secondary N) is 1. The molecule has 0 aliphatic rings. The average molecular weight is 298 g/mol. The van der Waals surface area contributed by atoms with Crippen LogP contribution >= 0.6 is 0 Å². The Morgan fingerprint density at radius 3 is 2.38 bits per heavy atom. The maximum Gasteiger partial charge on any atom is 0.401 e. The molecule has 0 aliphatic carbocycles. The van der Waals surface area contributed by atoms with E-state index in [1.807, 2.05) is 0 Å². The summed E-state index contributed by atoms with van der Waals surface area (Å²) in [5.41, 5.74) is -1.81. The van der Waals surface area contributed by atoms with Gasteiger partial charge in [-0.25, -0.2) is 0 Å². The lowest BCUT2D eigenvalue weighted by molar-refractivity contribution is -0.185. The predicted octanol–water partition coefficient (Wildman–Crippen LogP) is 3.77. The highest BCUT2D eigenvalue weighted by atomic mass is 19.4. The van der Waals surface area contributed by atoms with Gasteiger partial charge in [0, 0.05) is 11.6 Å². The van der Waals surface area contributed by atoms with Crippen molar-refractivity contribution in [3.05, 3.63) is 47.7 Å². The molecule has 112 valence electrons. The number of amides is 1. The van der Waals surface area contributed by atoms with Gasteiger partial charge in [0.15, 0.2) is 11.6 Å². The topological polar surface area (TPSA) is 55.1 Å². The number of aromatic nitrogens is 1. The molecule has 0 saturated carbocycles. The maximum atomic E-state index is 12.9. The molecule has 7 heteroatoms. The first-order chi connectivity index (χ1) is 9.72. The lowest BCUT2D eigenvalue weighted by atomic mass is 9.89. The van der Waals surface area contributed by atoms with Crippen LogP contribution in [0.15, 0.2) is 40.9 Å². The first-order valence-electron chi connectivity index (χ1n) is 6.12. The Balaban J connectivity index is 2.16. The van der Waals surface area contributed by atoms with Crippen molar-refractivity contribution in [2.24, 2.45) is 0 Å². The number of hydrogen-bond donors (Lipinski definition) is 1. The van der Waals surface area contributed by atoms with Crippen LogP contribution in [0.5, 0.6) is 0 Å². The Morgan fingerprint density at radius 1 is 1.19 bits per heavy atom. The molecular weight excluding hydrogens is 285 g/mol. The molecule has 2 rings (SSSR count). The number of halogens is 3. The zero-order valence-electron chi connectivity index (χ0n) is 11.4. The van der Waals surface area contributed by atoms with Gasteiger partial charge in [0.25, 0.3) is 5.91 Å². The second-order valence-corrected chi connectivity index (χ2v) is 5.02. The van der Waals surface area contributed by atoms with Crippen LogP contribution in [0, 0.1) is 0 Å². The third-order valence-electron chi connectivity index (χ3n) is 3.11. The van der Waals surface area contributed by atoms with Crippen LogP contribution < -0.4 is 5.32 Å². The summed E-state index contributed by atoms with van der Waals surface area (Å²) in [6.07, 6.45) is -4.48. The molecule has 1 aromatic heterocycles. The molecule has 1 heterocycles. The highest BCUT2D eigenvalue weighted by Crippen LogP contribution is 2.40. The number of hydrogen-bond acceptors (Lipinski definition) is 3. The number of carbonyl (C=O) groups is 1. The smallest absolute Gasteiger partial charge is 0.358 e. The van der Waals surface area contributed by atoms with Gasteiger partial charge in [-0.2, -0.15) is 13.2 Å². The fourth-order valence-electron chi connectivity index (χ4n) is 1.55. The van der Waals surface area contributed by atoms with Crippen molar-refractivity contribution < 1.29 is 22.5 Å². The van der Waals surface area contributed by atoms with Crippen molar-refractivity contribution in [2.45, 2.75) is 25.4 Å². The van der Waals surface area contributed by atoms with Crippen molar-refractivity contribution in [1.82, 2.24) is 5.16 Å². The van der Waals surface area contributed by atoms with Crippen LogP contribution in [0.4, 0.5) is 19.0 Å². The fourth-order valence-corrected chi connectivity index (χ4v) is 1.55. The fraction of sp³-hybridized carbons (Fsp3) is 0.286. The summed E-state index contributed by atoms with van der Waals surface area (Å²) in [4.78, 5) is 11.9. The molecule has 1 N–H and O–H groups in total. The van der Waals surface area contributed by atoms with Crippen LogP contribution in [0.1, 0.15) is 30.0 Å². The van der Waals surface area contributed by atoms with E-state index in [9.17, 15) is 18.0 Å². The summed E-state index contributed by atoms with van der Waals surface area (Å²) in [5, 5.41) is 5.85. The average Bonchev–Trinajstić information content (AvgIpc) is 2.87. The van der Waals surface area contributed by atoms with E-state index in [0.717, 1.165) is 19.9 Å². The molecule has 0 atom stereocenters. The molecule has 0 unspecified atom stereocenters. The van der Waals surface area contributed by atoms with Crippen LogP contribution in [-0.4, -0.2) is 17.2 Å². The Hall–Kier alpha value is -2.31. The van der Waals surface area contributed by atoms with Gasteiger partial charge in [-0.1, -0.05) is 23.4 Å². The Kier molecular flexibility index (Phi) is 3.76. The molecule has 2 aromatic rings. The zero-order chi connectivity index (χ0) is 15.7. The van der Waals surface area contributed by atoms with E-state index < -0.39 is 17.5 Å². The number of anilines is 1. The summed E-state index contributed by atoms with van der Waals surface area (Å²) >= 11 is 0. The van der Waals surface area contributed by atoms with Crippen LogP contribution in [0.25, 0.3) is 0 Å².